The van der Waals surface area contributed by atoms with Gasteiger partial charge in [0.1, 0.15) is 5.82 Å². The fourth-order valence-electron chi connectivity index (χ4n) is 3.20. The Morgan fingerprint density at radius 1 is 1.26 bits per heavy atom. The topological polar surface area (TPSA) is 29.3 Å². The highest BCUT2D eigenvalue weighted by atomic mass is 19.1. The molecule has 3 heteroatoms. The second-order valence-corrected chi connectivity index (χ2v) is 6.03. The Bertz CT molecular complexity index is 404. The van der Waals surface area contributed by atoms with Gasteiger partial charge in [0.05, 0.1) is 0 Å². The molecule has 2 N–H and O–H groups in total. The first-order valence-corrected chi connectivity index (χ1v) is 7.26. The number of hydrogen-bond acceptors (Lipinski definition) is 2. The summed E-state index contributed by atoms with van der Waals surface area (Å²) in [6.07, 6.45) is 2.48. The third-order valence-corrected chi connectivity index (χ3v) is 4.49. The first kappa shape index (κ1) is 14.5. The largest absolute Gasteiger partial charge is 0.323 e. The molecule has 19 heavy (non-hydrogen) atoms. The molecule has 2 nitrogen and oxygen atoms in total. The van der Waals surface area contributed by atoms with E-state index in [1.165, 1.54) is 25.0 Å². The molecule has 1 heterocycles. The zero-order valence-corrected chi connectivity index (χ0v) is 12.1. The summed E-state index contributed by atoms with van der Waals surface area (Å²) in [6.45, 7) is 7.89. The molecular weight excluding hydrogens is 239 g/mol. The number of nitrogens with zero attached hydrogens (tertiary/aromatic N) is 1. The van der Waals surface area contributed by atoms with Crippen molar-refractivity contribution in [1.29, 1.82) is 0 Å². The first-order valence-electron chi connectivity index (χ1n) is 7.26. The van der Waals surface area contributed by atoms with Crippen LogP contribution in [0.1, 0.15) is 45.2 Å². The Morgan fingerprint density at radius 2 is 1.89 bits per heavy atom. The van der Waals surface area contributed by atoms with Crippen LogP contribution in [-0.4, -0.2) is 23.5 Å². The van der Waals surface area contributed by atoms with Crippen LogP contribution in [-0.2, 0) is 0 Å². The maximum absolute atomic E-state index is 13.0. The predicted molar refractivity (Wildman–Crippen MR) is 77.4 cm³/mol. The van der Waals surface area contributed by atoms with Gasteiger partial charge < -0.3 is 5.73 Å². The normalized spacial score (nSPS) is 28.1. The molecule has 0 radical (unpaired) electrons. The lowest BCUT2D eigenvalue weighted by Crippen LogP contribution is -2.49. The maximum Gasteiger partial charge on any atom is 0.123 e. The number of nitrogens with two attached hydrogens (primary N) is 1. The summed E-state index contributed by atoms with van der Waals surface area (Å²) in [7, 11) is 0. The van der Waals surface area contributed by atoms with Gasteiger partial charge in [-0.25, -0.2) is 4.39 Å². The van der Waals surface area contributed by atoms with Crippen molar-refractivity contribution in [2.24, 2.45) is 11.7 Å². The van der Waals surface area contributed by atoms with Crippen LogP contribution >= 0.6 is 0 Å². The van der Waals surface area contributed by atoms with Crippen LogP contribution < -0.4 is 5.73 Å². The van der Waals surface area contributed by atoms with E-state index in [9.17, 15) is 4.39 Å². The molecule has 4 atom stereocenters. The molecule has 1 saturated heterocycles. The quantitative estimate of drug-likeness (QED) is 0.907. The molecule has 1 fully saturated rings. The van der Waals surface area contributed by atoms with Crippen LogP contribution in [0.4, 0.5) is 4.39 Å². The summed E-state index contributed by atoms with van der Waals surface area (Å²) in [5, 5.41) is 0. The third kappa shape index (κ3) is 3.34. The average Bonchev–Trinajstić information content (AvgIpc) is 2.38. The van der Waals surface area contributed by atoms with Gasteiger partial charge in [0, 0.05) is 18.1 Å². The number of halogens is 1. The predicted octanol–water partition coefficient (Wildman–Crippen LogP) is 3.33. The van der Waals surface area contributed by atoms with E-state index in [2.05, 4.69) is 25.7 Å². The number of rotatable bonds is 3. The zero-order valence-electron chi connectivity index (χ0n) is 12.1. The van der Waals surface area contributed by atoms with E-state index >= 15 is 0 Å². The van der Waals surface area contributed by atoms with Crippen molar-refractivity contribution in [3.63, 3.8) is 0 Å². The van der Waals surface area contributed by atoms with Crippen molar-refractivity contribution in [3.05, 3.63) is 35.6 Å². The lowest BCUT2D eigenvalue weighted by Gasteiger charge is -2.42. The van der Waals surface area contributed by atoms with Crippen molar-refractivity contribution >= 4 is 0 Å². The Balaban J connectivity index is 2.06. The average molecular weight is 264 g/mol. The fourth-order valence-corrected chi connectivity index (χ4v) is 3.20. The lowest BCUT2D eigenvalue weighted by molar-refractivity contribution is 0.0770. The van der Waals surface area contributed by atoms with Crippen LogP contribution in [0.3, 0.4) is 0 Å². The molecule has 106 valence electrons. The van der Waals surface area contributed by atoms with E-state index in [1.807, 2.05) is 0 Å². The minimum absolute atomic E-state index is 0.0588. The van der Waals surface area contributed by atoms with E-state index < -0.39 is 0 Å². The summed E-state index contributed by atoms with van der Waals surface area (Å²) in [5.74, 6) is 0.601. The van der Waals surface area contributed by atoms with Crippen molar-refractivity contribution in [2.75, 3.05) is 6.54 Å². The van der Waals surface area contributed by atoms with Gasteiger partial charge in [-0.05, 0) is 56.8 Å². The summed E-state index contributed by atoms with van der Waals surface area (Å²) in [6, 6.07) is 7.38. The van der Waals surface area contributed by atoms with Gasteiger partial charge in [0.15, 0.2) is 0 Å². The van der Waals surface area contributed by atoms with Crippen LogP contribution in [0.15, 0.2) is 24.3 Å². The van der Waals surface area contributed by atoms with Crippen molar-refractivity contribution in [3.8, 4) is 0 Å². The van der Waals surface area contributed by atoms with Gasteiger partial charge >= 0.3 is 0 Å². The van der Waals surface area contributed by atoms with Gasteiger partial charge in [-0.1, -0.05) is 19.1 Å². The highest BCUT2D eigenvalue weighted by molar-refractivity contribution is 5.21. The molecule has 4 unspecified atom stereocenters. The summed E-state index contributed by atoms with van der Waals surface area (Å²) < 4.78 is 13.0. The third-order valence-electron chi connectivity index (χ3n) is 4.49. The Morgan fingerprint density at radius 3 is 2.47 bits per heavy atom. The van der Waals surface area contributed by atoms with Crippen LogP contribution in [0.2, 0.25) is 0 Å². The molecule has 0 amide bonds. The number of likely N-dealkylation sites (tertiary alicyclic amines) is 1. The second-order valence-electron chi connectivity index (χ2n) is 6.03. The van der Waals surface area contributed by atoms with Crippen LogP contribution in [0, 0.1) is 11.7 Å². The molecule has 1 aliphatic heterocycles. The Kier molecular flexibility index (Phi) is 4.58. The fraction of sp³-hybridized carbons (Fsp3) is 0.625. The number of piperidine rings is 1. The Labute approximate surface area is 115 Å². The van der Waals surface area contributed by atoms with E-state index in [0.717, 1.165) is 18.0 Å². The van der Waals surface area contributed by atoms with Crippen molar-refractivity contribution < 1.29 is 4.39 Å². The highest BCUT2D eigenvalue weighted by Gasteiger charge is 2.29. The molecule has 1 aromatic rings. The summed E-state index contributed by atoms with van der Waals surface area (Å²) >= 11 is 0. The Hall–Kier alpha value is -0.930. The van der Waals surface area contributed by atoms with Crippen LogP contribution in [0.5, 0.6) is 0 Å². The molecule has 2 rings (SSSR count). The van der Waals surface area contributed by atoms with Gasteiger partial charge in [-0.15, -0.1) is 0 Å². The maximum atomic E-state index is 13.0. The van der Waals surface area contributed by atoms with Gasteiger partial charge in [0.25, 0.3) is 0 Å². The van der Waals surface area contributed by atoms with E-state index in [-0.39, 0.29) is 17.9 Å². The van der Waals surface area contributed by atoms with Gasteiger partial charge in [0.2, 0.25) is 0 Å². The molecule has 0 aliphatic carbocycles. The molecule has 1 aliphatic rings. The molecule has 0 aromatic heterocycles. The van der Waals surface area contributed by atoms with E-state index in [1.54, 1.807) is 12.1 Å². The smallest absolute Gasteiger partial charge is 0.123 e. The molecule has 0 spiro atoms. The first-order chi connectivity index (χ1) is 8.99. The van der Waals surface area contributed by atoms with E-state index in [4.69, 9.17) is 5.73 Å². The van der Waals surface area contributed by atoms with E-state index in [0.29, 0.717) is 6.04 Å². The number of hydrogen-bond donors (Lipinski definition) is 1. The van der Waals surface area contributed by atoms with Gasteiger partial charge in [-0.3, -0.25) is 4.90 Å². The highest BCUT2D eigenvalue weighted by Crippen LogP contribution is 2.28. The molecular formula is C16H25FN2. The lowest BCUT2D eigenvalue weighted by atomic mass is 9.90. The van der Waals surface area contributed by atoms with Crippen LogP contribution in [0.25, 0.3) is 0 Å². The molecule has 0 saturated carbocycles. The van der Waals surface area contributed by atoms with Crippen molar-refractivity contribution in [1.82, 2.24) is 4.90 Å². The summed E-state index contributed by atoms with van der Waals surface area (Å²) in [4.78, 5) is 2.49. The monoisotopic (exact) mass is 264 g/mol. The minimum Gasteiger partial charge on any atom is -0.323 e. The second kappa shape index (κ2) is 6.02. The van der Waals surface area contributed by atoms with Crippen molar-refractivity contribution in [2.45, 2.75) is 51.7 Å². The number of benzene rings is 1. The molecule has 0 bridgehead atoms. The summed E-state index contributed by atoms with van der Waals surface area (Å²) in [5.41, 5.74) is 7.37. The molecule has 1 aromatic carbocycles. The minimum atomic E-state index is -0.205. The standard InChI is InChI=1S/C16H25FN2/c1-11-8-9-19(12(2)10-11)13(3)16(18)14-4-6-15(17)7-5-14/h4-7,11-13,16H,8-10,18H2,1-3H3. The SMILES string of the molecule is CC1CCN(C(C)C(N)c2ccc(F)cc2)C(C)C1. The zero-order chi connectivity index (χ0) is 14.0. The van der Waals surface area contributed by atoms with Gasteiger partial charge in [-0.2, -0.15) is 0 Å².